The predicted octanol–water partition coefficient (Wildman–Crippen LogP) is 15.9. The van der Waals surface area contributed by atoms with E-state index < -0.39 is 14.3 Å². The summed E-state index contributed by atoms with van der Waals surface area (Å²) in [7, 11) is 1.55. The van der Waals surface area contributed by atoms with E-state index in [9.17, 15) is 0 Å². The van der Waals surface area contributed by atoms with Crippen molar-refractivity contribution in [3.05, 3.63) is 174 Å². The molecule has 11 rings (SSSR count). The lowest BCUT2D eigenvalue weighted by Crippen LogP contribution is -2.41. The van der Waals surface area contributed by atoms with Crippen LogP contribution in [0.1, 0.15) is 120 Å². The van der Waals surface area contributed by atoms with E-state index in [2.05, 4.69) is 126 Å². The molecule has 0 unspecified atom stereocenters. The van der Waals surface area contributed by atoms with Gasteiger partial charge in [-0.2, -0.15) is 14.6 Å². The van der Waals surface area contributed by atoms with Gasteiger partial charge in [0.15, 0.2) is 8.32 Å². The fraction of sp³-hybridized carbons (Fsp3) is 0.389. The van der Waals surface area contributed by atoms with Crippen LogP contribution in [0.25, 0.3) is 44.6 Å². The molecule has 0 aliphatic carbocycles. The Morgan fingerprint density at radius 2 is 1.18 bits per heavy atom. The molecule has 0 saturated carbocycles. The average Bonchev–Trinajstić information content (AvgIpc) is 1.54. The summed E-state index contributed by atoms with van der Waals surface area (Å²) >= 11 is 0. The van der Waals surface area contributed by atoms with E-state index in [1.165, 1.54) is 6.20 Å². The monoisotopic (exact) mass is 1260 g/mol. The molecule has 2 bridgehead atoms. The molecular formula is C72H87FN12O6Si. The zero-order chi connectivity index (χ0) is 65.1. The SMILES string of the molecule is COc1ccc(CN(Cc2cccnc2F)c2cc(-c3cccnc3OCCCCO[Si](C)(C)C(C)(C)C)nc3c(C)nn(C(C)C)c23)cc1.COc1ccc(CN2Cc3cccnc3OCCCCOc3ncccc3-c3cc2c2c(n3)c(C)nn2C(C)C)cc1. The van der Waals surface area contributed by atoms with Crippen LogP contribution < -0.4 is 33.5 Å². The highest BCUT2D eigenvalue weighted by Gasteiger charge is 2.37. The quantitative estimate of drug-likeness (QED) is 0.0424. The first-order valence-electron chi connectivity index (χ1n) is 31.8. The molecule has 2 aromatic carbocycles. The Morgan fingerprint density at radius 3 is 1.83 bits per heavy atom. The number of hydrogen-bond acceptors (Lipinski definition) is 16. The lowest BCUT2D eigenvalue weighted by atomic mass is 10.1. The van der Waals surface area contributed by atoms with E-state index in [1.54, 1.807) is 44.9 Å². The van der Waals surface area contributed by atoms with Gasteiger partial charge in [0.05, 0.1) is 79.3 Å². The zero-order valence-corrected chi connectivity index (χ0v) is 56.5. The van der Waals surface area contributed by atoms with Crippen LogP contribution in [-0.2, 0) is 30.6 Å². The maximum atomic E-state index is 15.1. The Kier molecular flexibility index (Phi) is 21.1. The van der Waals surface area contributed by atoms with Crippen LogP contribution in [0, 0.1) is 19.8 Å². The van der Waals surface area contributed by atoms with E-state index in [4.69, 9.17) is 48.3 Å². The molecule has 92 heavy (non-hydrogen) atoms. The van der Waals surface area contributed by atoms with Gasteiger partial charge in [0.25, 0.3) is 0 Å². The zero-order valence-electron chi connectivity index (χ0n) is 55.5. The summed E-state index contributed by atoms with van der Waals surface area (Å²) in [6.45, 7) is 28.1. The first kappa shape index (κ1) is 65.9. The summed E-state index contributed by atoms with van der Waals surface area (Å²) in [6.07, 6.45) is 10.2. The van der Waals surface area contributed by atoms with Crippen molar-refractivity contribution in [2.45, 2.75) is 144 Å². The number of rotatable bonds is 19. The summed E-state index contributed by atoms with van der Waals surface area (Å²) in [6, 6.07) is 36.0. The molecule has 18 nitrogen and oxygen atoms in total. The Balaban J connectivity index is 0.000000204. The standard InChI is InChI=1S/C39H51FN6O3Si.C33H36N6O3/c1-27(2)46-36-34(45(26-30-14-12-20-41-37(30)40)25-29-16-18-31(47-7)19-17-29)24-33(43-35(36)28(3)44-46)32-15-13-21-42-38(32)48-22-10-11-23-49-50(8,9)39(4,5)6;1-22(2)39-31-29-19-28(36-30(31)23(3)37-39)27-10-8-16-35-33(27)42-18-6-5-17-41-32-25(9-7-15-34-32)21-38(29)20-24-11-13-26(40-4)14-12-24/h12-21,24,27H,10-11,22-23,25-26H2,1-9H3;7-16,19,22H,5-6,17-18,20-21H2,1-4H3. The third-order valence-electron chi connectivity index (χ3n) is 16.9. The second-order valence-corrected chi connectivity index (χ2v) is 30.1. The van der Waals surface area contributed by atoms with E-state index in [0.29, 0.717) is 68.4 Å². The van der Waals surface area contributed by atoms with Crippen LogP contribution in [-0.4, -0.2) is 98.4 Å². The number of halogens is 1. The topological polar surface area (TPSA) is 175 Å². The Hall–Kier alpha value is -9.01. The highest BCUT2D eigenvalue weighted by Crippen LogP contribution is 2.41. The fourth-order valence-corrected chi connectivity index (χ4v) is 12.0. The number of fused-ring (bicyclic) bond motifs is 8. The van der Waals surface area contributed by atoms with Gasteiger partial charge in [0.1, 0.15) is 33.6 Å². The lowest BCUT2D eigenvalue weighted by Gasteiger charge is -2.36. The molecule has 0 atom stereocenters. The molecule has 0 amide bonds. The number of methoxy groups -OCH3 is 2. The van der Waals surface area contributed by atoms with Crippen LogP contribution in [0.3, 0.4) is 0 Å². The van der Waals surface area contributed by atoms with E-state index in [-0.39, 0.29) is 23.7 Å². The van der Waals surface area contributed by atoms with Gasteiger partial charge in [0.2, 0.25) is 23.6 Å². The van der Waals surface area contributed by atoms with Crippen LogP contribution in [0.2, 0.25) is 18.1 Å². The molecule has 0 N–H and O–H groups in total. The van der Waals surface area contributed by atoms with Gasteiger partial charge in [-0.3, -0.25) is 9.36 Å². The van der Waals surface area contributed by atoms with Gasteiger partial charge in [-0.25, -0.2) is 29.9 Å². The normalized spacial score (nSPS) is 12.9. The fourth-order valence-electron chi connectivity index (χ4n) is 10.9. The minimum Gasteiger partial charge on any atom is -0.497 e. The molecule has 20 heteroatoms. The van der Waals surface area contributed by atoms with Crippen molar-refractivity contribution in [2.75, 3.05) is 50.4 Å². The smallest absolute Gasteiger partial charge is 0.222 e. The molecule has 482 valence electrons. The number of aryl methyl sites for hydroxylation is 2. The predicted molar refractivity (Wildman–Crippen MR) is 364 cm³/mol. The molecule has 9 heterocycles. The largest absolute Gasteiger partial charge is 0.497 e. The first-order valence-corrected chi connectivity index (χ1v) is 34.7. The summed E-state index contributed by atoms with van der Waals surface area (Å²) in [5.74, 6) is 2.84. The van der Waals surface area contributed by atoms with Gasteiger partial charge in [-0.05, 0) is 169 Å². The number of pyridine rings is 6. The number of nitrogens with zero attached hydrogens (tertiary/aromatic N) is 12. The minimum absolute atomic E-state index is 0.0634. The number of benzene rings is 2. The third kappa shape index (κ3) is 15.5. The summed E-state index contributed by atoms with van der Waals surface area (Å²) in [5.41, 5.74) is 13.9. The van der Waals surface area contributed by atoms with Crippen molar-refractivity contribution in [1.29, 1.82) is 0 Å². The second kappa shape index (κ2) is 29.5. The Labute approximate surface area is 541 Å². The van der Waals surface area contributed by atoms with Crippen molar-refractivity contribution < 1.29 is 32.5 Å². The van der Waals surface area contributed by atoms with Gasteiger partial charge >= 0.3 is 0 Å². The van der Waals surface area contributed by atoms with Crippen molar-refractivity contribution in [3.63, 3.8) is 0 Å². The highest BCUT2D eigenvalue weighted by molar-refractivity contribution is 6.74. The van der Waals surface area contributed by atoms with Crippen LogP contribution in [0.5, 0.6) is 29.1 Å². The maximum Gasteiger partial charge on any atom is 0.222 e. The number of hydrogen-bond donors (Lipinski definition) is 0. The van der Waals surface area contributed by atoms with Gasteiger partial charge < -0.3 is 37.9 Å². The van der Waals surface area contributed by atoms with E-state index in [1.807, 2.05) is 85.3 Å². The van der Waals surface area contributed by atoms with Crippen molar-refractivity contribution in [2.24, 2.45) is 0 Å². The molecule has 10 aromatic rings. The second-order valence-electron chi connectivity index (χ2n) is 25.3. The molecular weight excluding hydrogens is 1180 g/mol. The molecule has 0 saturated heterocycles. The van der Waals surface area contributed by atoms with Crippen LogP contribution in [0.15, 0.2) is 134 Å². The van der Waals surface area contributed by atoms with Gasteiger partial charge in [0, 0.05) is 80.8 Å². The van der Waals surface area contributed by atoms with Crippen molar-refractivity contribution in [3.8, 4) is 51.7 Å². The number of unbranched alkanes of at least 4 members (excludes halogenated alkanes) is 1. The Morgan fingerprint density at radius 1 is 0.630 bits per heavy atom. The maximum absolute atomic E-state index is 15.1. The van der Waals surface area contributed by atoms with Gasteiger partial charge in [-0.1, -0.05) is 57.2 Å². The third-order valence-corrected chi connectivity index (χ3v) is 21.4. The summed E-state index contributed by atoms with van der Waals surface area (Å²) in [4.78, 5) is 32.6. The molecule has 8 aromatic heterocycles. The molecule has 1 aliphatic rings. The molecule has 0 radical (unpaired) electrons. The average molecular weight is 1260 g/mol. The van der Waals surface area contributed by atoms with Crippen LogP contribution >= 0.6 is 0 Å². The minimum atomic E-state index is -1.79. The molecule has 0 spiro atoms. The number of ether oxygens (including phenoxy) is 5. The first-order chi connectivity index (χ1) is 44.3. The van der Waals surface area contributed by atoms with Crippen molar-refractivity contribution >= 4 is 41.8 Å². The van der Waals surface area contributed by atoms with Crippen molar-refractivity contribution in [1.82, 2.24) is 49.5 Å². The lowest BCUT2D eigenvalue weighted by molar-refractivity contribution is 0.249. The Bertz CT molecular complexity index is 4100. The van der Waals surface area contributed by atoms with E-state index >= 15 is 4.39 Å². The van der Waals surface area contributed by atoms with E-state index in [0.717, 1.165) is 122 Å². The highest BCUT2D eigenvalue weighted by atomic mass is 28.4. The van der Waals surface area contributed by atoms with Crippen LogP contribution in [0.4, 0.5) is 15.8 Å². The number of aromatic nitrogens is 10. The number of anilines is 2. The summed E-state index contributed by atoms with van der Waals surface area (Å²) in [5, 5.41) is 10.0. The summed E-state index contributed by atoms with van der Waals surface area (Å²) < 4.78 is 55.1. The molecule has 1 aliphatic heterocycles. The van der Waals surface area contributed by atoms with Gasteiger partial charge in [-0.15, -0.1) is 0 Å². The molecule has 0 fully saturated rings.